The molecular formula is C25H26ClN3O3. The van der Waals surface area contributed by atoms with Gasteiger partial charge in [0.05, 0.1) is 5.69 Å². The molecule has 0 bridgehead atoms. The molecule has 32 heavy (non-hydrogen) atoms. The molecule has 2 aromatic rings. The van der Waals surface area contributed by atoms with Crippen molar-refractivity contribution < 1.29 is 14.4 Å². The van der Waals surface area contributed by atoms with Crippen LogP contribution >= 0.6 is 11.6 Å². The normalized spacial score (nSPS) is 17.1. The van der Waals surface area contributed by atoms with Crippen molar-refractivity contribution in [2.75, 3.05) is 23.3 Å². The average molecular weight is 452 g/mol. The van der Waals surface area contributed by atoms with E-state index in [0.717, 1.165) is 54.8 Å². The number of imide groups is 1. The number of halogens is 1. The van der Waals surface area contributed by atoms with E-state index in [4.69, 9.17) is 11.6 Å². The first kappa shape index (κ1) is 22.1. The van der Waals surface area contributed by atoms with Crippen molar-refractivity contribution in [3.05, 3.63) is 69.9 Å². The van der Waals surface area contributed by atoms with Crippen LogP contribution < -0.4 is 10.2 Å². The third kappa shape index (κ3) is 4.28. The van der Waals surface area contributed by atoms with E-state index in [2.05, 4.69) is 5.32 Å². The Balaban J connectivity index is 1.57. The fraction of sp³-hybridized carbons (Fsp3) is 0.320. The van der Waals surface area contributed by atoms with Crippen LogP contribution in [0.2, 0.25) is 0 Å². The zero-order chi connectivity index (χ0) is 22.8. The third-order valence-corrected chi connectivity index (χ3v) is 6.26. The van der Waals surface area contributed by atoms with Crippen molar-refractivity contribution in [2.45, 2.75) is 39.5 Å². The molecule has 3 amide bonds. The highest BCUT2D eigenvalue weighted by Crippen LogP contribution is 2.32. The van der Waals surface area contributed by atoms with Crippen molar-refractivity contribution >= 4 is 40.7 Å². The molecule has 4 rings (SSSR count). The van der Waals surface area contributed by atoms with Gasteiger partial charge in [-0.05, 0) is 62.1 Å². The van der Waals surface area contributed by atoms with Crippen molar-refractivity contribution in [3.63, 3.8) is 0 Å². The van der Waals surface area contributed by atoms with Gasteiger partial charge in [0.25, 0.3) is 17.7 Å². The SMILES string of the molecule is Cc1ccc(C)c(N2C(=O)C(Cl)=C(Nc3cccc(C(=O)N4CCCCCC4)c3)C2=O)c1. The zero-order valence-electron chi connectivity index (χ0n) is 18.3. The van der Waals surface area contributed by atoms with E-state index in [1.165, 1.54) is 0 Å². The molecule has 6 nitrogen and oxygen atoms in total. The minimum Gasteiger partial charge on any atom is -0.350 e. The lowest BCUT2D eigenvalue weighted by atomic mass is 10.1. The fourth-order valence-corrected chi connectivity index (χ4v) is 4.33. The number of amides is 3. The summed E-state index contributed by atoms with van der Waals surface area (Å²) in [5.41, 5.74) is 3.33. The van der Waals surface area contributed by atoms with Crippen molar-refractivity contribution in [3.8, 4) is 0 Å². The molecule has 0 spiro atoms. The second-order valence-corrected chi connectivity index (χ2v) is 8.71. The Morgan fingerprint density at radius 3 is 2.38 bits per heavy atom. The molecule has 1 fully saturated rings. The maximum Gasteiger partial charge on any atom is 0.283 e. The Morgan fingerprint density at radius 1 is 0.938 bits per heavy atom. The number of hydrogen-bond acceptors (Lipinski definition) is 4. The van der Waals surface area contributed by atoms with Crippen LogP contribution in [0.4, 0.5) is 11.4 Å². The predicted octanol–water partition coefficient (Wildman–Crippen LogP) is 4.76. The summed E-state index contributed by atoms with van der Waals surface area (Å²) in [6.45, 7) is 5.25. The van der Waals surface area contributed by atoms with E-state index < -0.39 is 11.8 Å². The van der Waals surface area contributed by atoms with Gasteiger partial charge in [-0.3, -0.25) is 14.4 Å². The minimum atomic E-state index is -0.565. The average Bonchev–Trinajstić information content (AvgIpc) is 2.99. The molecule has 1 saturated heterocycles. The highest BCUT2D eigenvalue weighted by molar-refractivity contribution is 6.53. The molecule has 0 saturated carbocycles. The molecule has 7 heteroatoms. The zero-order valence-corrected chi connectivity index (χ0v) is 19.0. The molecule has 166 valence electrons. The first-order chi connectivity index (χ1) is 15.4. The molecule has 1 N–H and O–H groups in total. The van der Waals surface area contributed by atoms with Crippen LogP contribution in [-0.4, -0.2) is 35.7 Å². The highest BCUT2D eigenvalue weighted by atomic mass is 35.5. The molecule has 2 aliphatic rings. The van der Waals surface area contributed by atoms with E-state index in [1.54, 1.807) is 30.3 Å². The van der Waals surface area contributed by atoms with E-state index >= 15 is 0 Å². The highest BCUT2D eigenvalue weighted by Gasteiger charge is 2.39. The van der Waals surface area contributed by atoms with Crippen LogP contribution in [-0.2, 0) is 9.59 Å². The van der Waals surface area contributed by atoms with Crippen LogP contribution in [0.3, 0.4) is 0 Å². The van der Waals surface area contributed by atoms with Gasteiger partial charge in [-0.2, -0.15) is 0 Å². The Morgan fingerprint density at radius 2 is 1.66 bits per heavy atom. The van der Waals surface area contributed by atoms with Crippen molar-refractivity contribution in [1.29, 1.82) is 0 Å². The number of carbonyl (C=O) groups is 3. The Bertz CT molecular complexity index is 1120. The number of likely N-dealkylation sites (tertiary alicyclic amines) is 1. The number of carbonyl (C=O) groups excluding carboxylic acids is 3. The van der Waals surface area contributed by atoms with Gasteiger partial charge < -0.3 is 10.2 Å². The van der Waals surface area contributed by atoms with Crippen LogP contribution in [0.25, 0.3) is 0 Å². The van der Waals surface area contributed by atoms with Gasteiger partial charge in [-0.1, -0.05) is 42.6 Å². The number of aryl methyl sites for hydroxylation is 2. The van der Waals surface area contributed by atoms with Crippen LogP contribution in [0.1, 0.15) is 47.2 Å². The van der Waals surface area contributed by atoms with Gasteiger partial charge in [0, 0.05) is 24.3 Å². The van der Waals surface area contributed by atoms with Gasteiger partial charge in [0.2, 0.25) is 0 Å². The lowest BCUT2D eigenvalue weighted by Crippen LogP contribution is -2.33. The molecule has 2 heterocycles. The number of benzene rings is 2. The molecule has 2 aliphatic heterocycles. The summed E-state index contributed by atoms with van der Waals surface area (Å²) < 4.78 is 0. The smallest absolute Gasteiger partial charge is 0.283 e. The maximum absolute atomic E-state index is 13.1. The number of rotatable bonds is 4. The standard InChI is InChI=1S/C25H26ClN3O3/c1-16-10-11-17(2)20(14-16)29-24(31)21(26)22(25(29)32)27-19-9-7-8-18(15-19)23(30)28-12-5-3-4-6-13-28/h7-11,14-15,27H,3-6,12-13H2,1-2H3. The van der Waals surface area contributed by atoms with Gasteiger partial charge in [0.1, 0.15) is 10.7 Å². The monoisotopic (exact) mass is 451 g/mol. The van der Waals surface area contributed by atoms with Crippen molar-refractivity contribution in [1.82, 2.24) is 4.90 Å². The van der Waals surface area contributed by atoms with Crippen LogP contribution in [0.15, 0.2) is 53.2 Å². The van der Waals surface area contributed by atoms with Gasteiger partial charge in [-0.25, -0.2) is 4.90 Å². The predicted molar refractivity (Wildman–Crippen MR) is 126 cm³/mol. The summed E-state index contributed by atoms with van der Waals surface area (Å²) in [6.07, 6.45) is 4.31. The Kier molecular flexibility index (Phi) is 6.33. The van der Waals surface area contributed by atoms with E-state index in [1.807, 2.05) is 30.9 Å². The van der Waals surface area contributed by atoms with Crippen molar-refractivity contribution in [2.24, 2.45) is 0 Å². The molecule has 0 unspecified atom stereocenters. The van der Waals surface area contributed by atoms with Gasteiger partial charge >= 0.3 is 0 Å². The summed E-state index contributed by atoms with van der Waals surface area (Å²) in [6, 6.07) is 12.5. The van der Waals surface area contributed by atoms with E-state index in [0.29, 0.717) is 16.9 Å². The molecular weight excluding hydrogens is 426 g/mol. The lowest BCUT2D eigenvalue weighted by molar-refractivity contribution is -0.120. The second kappa shape index (κ2) is 9.17. The number of hydrogen-bond donors (Lipinski definition) is 1. The van der Waals surface area contributed by atoms with E-state index in [9.17, 15) is 14.4 Å². The first-order valence-electron chi connectivity index (χ1n) is 10.9. The summed E-state index contributed by atoms with van der Waals surface area (Å²) in [7, 11) is 0. The minimum absolute atomic E-state index is 0.0111. The second-order valence-electron chi connectivity index (χ2n) is 8.34. The molecule has 0 aliphatic carbocycles. The quantitative estimate of drug-likeness (QED) is 0.680. The molecule has 0 atom stereocenters. The molecule has 0 radical (unpaired) electrons. The summed E-state index contributed by atoms with van der Waals surface area (Å²) in [5.74, 6) is -1.11. The largest absolute Gasteiger partial charge is 0.350 e. The lowest BCUT2D eigenvalue weighted by Gasteiger charge is -2.21. The number of nitrogens with one attached hydrogen (secondary N) is 1. The van der Waals surface area contributed by atoms with Gasteiger partial charge in [0.15, 0.2) is 0 Å². The molecule has 2 aromatic carbocycles. The number of anilines is 2. The summed E-state index contributed by atoms with van der Waals surface area (Å²) in [4.78, 5) is 41.9. The van der Waals surface area contributed by atoms with E-state index in [-0.39, 0.29) is 16.6 Å². The van der Waals surface area contributed by atoms with Crippen LogP contribution in [0.5, 0.6) is 0 Å². The first-order valence-corrected chi connectivity index (χ1v) is 11.3. The number of nitrogens with zero attached hydrogens (tertiary/aromatic N) is 2. The molecule has 0 aromatic heterocycles. The summed E-state index contributed by atoms with van der Waals surface area (Å²) in [5, 5.41) is 2.81. The maximum atomic E-state index is 13.1. The Labute approximate surface area is 192 Å². The summed E-state index contributed by atoms with van der Waals surface area (Å²) >= 11 is 6.28. The van der Waals surface area contributed by atoms with Gasteiger partial charge in [-0.15, -0.1) is 0 Å². The Hall–Kier alpha value is -3.12. The third-order valence-electron chi connectivity index (χ3n) is 5.90. The fourth-order valence-electron chi connectivity index (χ4n) is 4.12. The van der Waals surface area contributed by atoms with Crippen LogP contribution in [0, 0.1) is 13.8 Å². The topological polar surface area (TPSA) is 69.7 Å².